The summed E-state index contributed by atoms with van der Waals surface area (Å²) in [4.78, 5) is 38.3. The van der Waals surface area contributed by atoms with Crippen molar-refractivity contribution < 1.29 is 18.0 Å². The van der Waals surface area contributed by atoms with Crippen LogP contribution in [0.2, 0.25) is 8.67 Å². The quantitative estimate of drug-likeness (QED) is 0.195. The second-order valence-corrected chi connectivity index (χ2v) is 16.1. The van der Waals surface area contributed by atoms with E-state index in [4.69, 9.17) is 23.2 Å². The van der Waals surface area contributed by atoms with Gasteiger partial charge >= 0.3 is 0 Å². The number of carbonyl (C=O) groups is 2. The van der Waals surface area contributed by atoms with E-state index in [1.165, 1.54) is 16.4 Å². The molecule has 0 spiro atoms. The molecular weight excluding hydrogens is 679 g/mol. The van der Waals surface area contributed by atoms with Crippen molar-refractivity contribution in [3.05, 3.63) is 122 Å². The molecule has 3 aliphatic rings. The molecule has 47 heavy (non-hydrogen) atoms. The minimum absolute atomic E-state index is 0.0201. The van der Waals surface area contributed by atoms with Gasteiger partial charge < -0.3 is 5.32 Å². The van der Waals surface area contributed by atoms with E-state index in [1.807, 2.05) is 30.3 Å². The molecule has 2 saturated heterocycles. The molecular formula is C33H26Cl2N6O4S2. The third-order valence-corrected chi connectivity index (χ3v) is 12.6. The van der Waals surface area contributed by atoms with Gasteiger partial charge in [0.15, 0.2) is 5.78 Å². The maximum Gasteiger partial charge on any atom is 0.254 e. The van der Waals surface area contributed by atoms with Crippen LogP contribution in [0.5, 0.6) is 0 Å². The highest BCUT2D eigenvalue weighted by Gasteiger charge is 2.65. The van der Waals surface area contributed by atoms with Gasteiger partial charge in [0.1, 0.15) is 20.6 Å². The van der Waals surface area contributed by atoms with Crippen LogP contribution in [0.25, 0.3) is 0 Å². The summed E-state index contributed by atoms with van der Waals surface area (Å²) in [7, 11) is -3.89. The van der Waals surface area contributed by atoms with Crippen molar-refractivity contribution in [2.24, 2.45) is 11.8 Å². The van der Waals surface area contributed by atoms with Crippen molar-refractivity contribution in [2.45, 2.75) is 29.3 Å². The Morgan fingerprint density at radius 2 is 1.57 bits per heavy atom. The predicted molar refractivity (Wildman–Crippen MR) is 176 cm³/mol. The average Bonchev–Trinajstić information content (AvgIpc) is 3.32. The Labute approximate surface area is 285 Å². The van der Waals surface area contributed by atoms with Gasteiger partial charge in [-0.25, -0.2) is 8.42 Å². The first-order chi connectivity index (χ1) is 22.6. The van der Waals surface area contributed by atoms with Crippen molar-refractivity contribution in [3.8, 4) is 6.07 Å². The van der Waals surface area contributed by atoms with E-state index in [-0.39, 0.29) is 56.2 Å². The highest BCUT2D eigenvalue weighted by Crippen LogP contribution is 2.53. The van der Waals surface area contributed by atoms with Gasteiger partial charge in [-0.05, 0) is 65.7 Å². The normalized spacial score (nSPS) is 22.6. The van der Waals surface area contributed by atoms with Gasteiger partial charge in [0.25, 0.3) is 5.91 Å². The number of ketones is 1. The number of hydrogen-bond donors (Lipinski definition) is 1. The fourth-order valence-corrected chi connectivity index (χ4v) is 10.3. The Morgan fingerprint density at radius 1 is 1.00 bits per heavy atom. The number of amides is 1. The van der Waals surface area contributed by atoms with E-state index < -0.39 is 15.6 Å². The Bertz CT molecular complexity index is 2000. The fourth-order valence-electron chi connectivity index (χ4n) is 6.69. The molecule has 3 atom stereocenters. The molecule has 3 aromatic heterocycles. The van der Waals surface area contributed by atoms with Crippen LogP contribution in [0.4, 0.5) is 0 Å². The number of sulfonamides is 1. The zero-order valence-electron chi connectivity index (χ0n) is 24.6. The number of allylic oxidation sites excluding steroid dienone is 1. The highest BCUT2D eigenvalue weighted by atomic mass is 35.5. The largest absolute Gasteiger partial charge is 0.357 e. The van der Waals surface area contributed by atoms with E-state index in [0.717, 1.165) is 22.5 Å². The van der Waals surface area contributed by atoms with Gasteiger partial charge in [-0.1, -0.05) is 23.2 Å². The molecule has 1 amide bonds. The second kappa shape index (κ2) is 12.2. The van der Waals surface area contributed by atoms with Crippen LogP contribution in [0.15, 0.2) is 96.2 Å². The van der Waals surface area contributed by atoms with Gasteiger partial charge in [0.2, 0.25) is 10.0 Å². The maximum atomic E-state index is 14.8. The number of nitriles is 1. The molecule has 238 valence electrons. The molecule has 7 rings (SSSR count). The summed E-state index contributed by atoms with van der Waals surface area (Å²) in [6.45, 7) is 0.396. The number of halogens is 2. The zero-order chi connectivity index (χ0) is 32.9. The lowest BCUT2D eigenvalue weighted by molar-refractivity contribution is -0.132. The van der Waals surface area contributed by atoms with Crippen LogP contribution in [-0.4, -0.2) is 64.0 Å². The number of pyridine rings is 2. The lowest BCUT2D eigenvalue weighted by atomic mass is 9.85. The van der Waals surface area contributed by atoms with E-state index >= 15 is 0 Å². The highest BCUT2D eigenvalue weighted by molar-refractivity contribution is 7.89. The number of fused-ring (bicyclic) bond motifs is 1. The van der Waals surface area contributed by atoms with Gasteiger partial charge in [-0.2, -0.15) is 9.57 Å². The van der Waals surface area contributed by atoms with E-state index in [1.54, 1.807) is 54.0 Å². The van der Waals surface area contributed by atoms with Crippen molar-refractivity contribution in [3.63, 3.8) is 0 Å². The molecule has 0 radical (unpaired) electrons. The molecule has 1 aliphatic carbocycles. The number of hydrogen-bond acceptors (Lipinski definition) is 9. The Balaban J connectivity index is 1.24. The summed E-state index contributed by atoms with van der Waals surface area (Å²) in [5.41, 5.74) is 1.41. The van der Waals surface area contributed by atoms with Crippen LogP contribution in [0, 0.1) is 23.2 Å². The van der Waals surface area contributed by atoms with Crippen LogP contribution < -0.4 is 5.32 Å². The molecule has 0 bridgehead atoms. The van der Waals surface area contributed by atoms with Crippen molar-refractivity contribution >= 4 is 56.3 Å². The lowest BCUT2D eigenvalue weighted by Crippen LogP contribution is -2.51. The van der Waals surface area contributed by atoms with Crippen LogP contribution in [0.1, 0.15) is 27.0 Å². The molecule has 14 heteroatoms. The predicted octanol–water partition coefficient (Wildman–Crippen LogP) is 4.72. The number of carbonyl (C=O) groups excluding carboxylic acids is 2. The Hall–Kier alpha value is -4.12. The smallest absolute Gasteiger partial charge is 0.254 e. The first-order valence-electron chi connectivity index (χ1n) is 14.7. The Morgan fingerprint density at radius 3 is 2.09 bits per heavy atom. The lowest BCUT2D eigenvalue weighted by Gasteiger charge is -2.28. The molecule has 1 N–H and O–H groups in total. The molecule has 3 fully saturated rings. The summed E-state index contributed by atoms with van der Waals surface area (Å²) in [6, 6.07) is 16.8. The second-order valence-electron chi connectivity index (χ2n) is 11.9. The molecule has 10 nitrogen and oxygen atoms in total. The molecule has 2 aliphatic heterocycles. The summed E-state index contributed by atoms with van der Waals surface area (Å²) in [5, 5.41) is 12.7. The summed E-state index contributed by atoms with van der Waals surface area (Å²) >= 11 is 13.3. The van der Waals surface area contributed by atoms with Gasteiger partial charge in [0.05, 0.1) is 16.0 Å². The molecule has 5 heterocycles. The van der Waals surface area contributed by atoms with E-state index in [2.05, 4.69) is 15.3 Å². The van der Waals surface area contributed by atoms with Crippen LogP contribution >= 0.6 is 34.5 Å². The third-order valence-electron chi connectivity index (χ3n) is 8.99. The summed E-state index contributed by atoms with van der Waals surface area (Å²) < 4.78 is 28.7. The molecule has 0 unspecified atom stereocenters. The van der Waals surface area contributed by atoms with Crippen molar-refractivity contribution in [2.75, 3.05) is 13.1 Å². The Kier molecular flexibility index (Phi) is 8.14. The van der Waals surface area contributed by atoms with E-state index in [9.17, 15) is 23.3 Å². The SMILES string of the molecule is N#Cc1ccc(C(=O)/C=C2\NC(Cc3ccncc3)(Cc3ccncc3)C(=O)N2[C@H]2[C@@H]3CN(S(=O)(=O)c4cc(Cl)sc4Cl)C[C@@H]32)cc1. The average molecular weight is 706 g/mol. The molecule has 4 aromatic rings. The summed E-state index contributed by atoms with van der Waals surface area (Å²) in [6.07, 6.45) is 8.74. The van der Waals surface area contributed by atoms with Gasteiger partial charge in [0, 0.05) is 80.2 Å². The van der Waals surface area contributed by atoms with Gasteiger partial charge in [-0.15, -0.1) is 11.3 Å². The van der Waals surface area contributed by atoms with E-state index in [0.29, 0.717) is 29.8 Å². The minimum atomic E-state index is -3.89. The number of thiophene rings is 1. The van der Waals surface area contributed by atoms with Crippen molar-refractivity contribution in [1.82, 2.24) is 24.5 Å². The van der Waals surface area contributed by atoms with Crippen LogP contribution in [-0.2, 0) is 27.7 Å². The molecule has 1 aromatic carbocycles. The molecule has 1 saturated carbocycles. The fraction of sp³-hybridized carbons (Fsp3) is 0.242. The van der Waals surface area contributed by atoms with Gasteiger partial charge in [-0.3, -0.25) is 24.5 Å². The standard InChI is InChI=1S/C33H26Cl2N6O4S2/c34-28-14-27(31(35)46-28)47(44,45)40-18-24-25(19-40)30(24)41-29(13-26(42)23-3-1-22(17-36)2-4-23)39-33(32(41)43,15-20-5-9-37-10-6-20)16-21-7-11-38-12-8-21/h1-14,24-25,30,39H,15-16,18-19H2/b29-13+/t24-,25+,30+. The number of benzene rings is 1. The number of nitrogens with zero attached hydrogens (tertiary/aromatic N) is 5. The number of rotatable bonds is 9. The first kappa shape index (κ1) is 31.5. The number of nitrogens with one attached hydrogen (secondary N) is 1. The number of aromatic nitrogens is 2. The zero-order valence-corrected chi connectivity index (χ0v) is 27.7. The van der Waals surface area contributed by atoms with Crippen LogP contribution in [0.3, 0.4) is 0 Å². The van der Waals surface area contributed by atoms with Crippen molar-refractivity contribution in [1.29, 1.82) is 5.26 Å². The monoisotopic (exact) mass is 704 g/mol. The third kappa shape index (κ3) is 5.83. The number of piperidine rings is 1. The minimum Gasteiger partial charge on any atom is -0.357 e. The topological polar surface area (TPSA) is 136 Å². The first-order valence-corrected chi connectivity index (χ1v) is 17.7. The maximum absolute atomic E-state index is 14.8. The summed E-state index contributed by atoms with van der Waals surface area (Å²) in [5.74, 6) is -0.471.